The lowest BCUT2D eigenvalue weighted by atomic mass is 9.89. The fourth-order valence-corrected chi connectivity index (χ4v) is 2.94. The predicted molar refractivity (Wildman–Crippen MR) is 84.3 cm³/mol. The van der Waals surface area contributed by atoms with Crippen LogP contribution in [0.5, 0.6) is 0 Å². The molecule has 0 aromatic rings. The number of amides is 1. The van der Waals surface area contributed by atoms with Crippen molar-refractivity contribution in [1.29, 1.82) is 0 Å². The molecule has 5 nitrogen and oxygen atoms in total. The van der Waals surface area contributed by atoms with Crippen LogP contribution in [0.3, 0.4) is 0 Å². The fourth-order valence-electron chi connectivity index (χ4n) is 2.94. The van der Waals surface area contributed by atoms with Crippen LogP contribution in [-0.2, 0) is 14.4 Å². The first kappa shape index (κ1) is 18.4. The molecule has 1 rings (SSSR count). The van der Waals surface area contributed by atoms with Gasteiger partial charge in [0.15, 0.2) is 0 Å². The van der Waals surface area contributed by atoms with Crippen molar-refractivity contribution in [2.24, 2.45) is 17.8 Å². The van der Waals surface area contributed by atoms with Gasteiger partial charge in [0.05, 0.1) is 0 Å². The minimum atomic E-state index is -1.02. The van der Waals surface area contributed by atoms with Crippen molar-refractivity contribution in [1.82, 2.24) is 5.32 Å². The molecule has 5 heteroatoms. The SMILES string of the molecule is CC/C=C\C[C@@H]1C(=O)CC[C@H]1CC(=O)N[C@H](C(=O)O)C(C)C. The molecule has 3 atom stereocenters. The Kier molecular flexibility index (Phi) is 7.28. The number of carbonyl (C=O) groups is 3. The number of ketones is 1. The molecule has 1 saturated carbocycles. The zero-order valence-electron chi connectivity index (χ0n) is 13.7. The van der Waals surface area contributed by atoms with Gasteiger partial charge in [-0.15, -0.1) is 0 Å². The first-order chi connectivity index (χ1) is 10.4. The van der Waals surface area contributed by atoms with Crippen molar-refractivity contribution >= 4 is 17.7 Å². The molecule has 0 aliphatic heterocycles. The van der Waals surface area contributed by atoms with Crippen LogP contribution in [0.15, 0.2) is 12.2 Å². The van der Waals surface area contributed by atoms with Crippen molar-refractivity contribution in [3.05, 3.63) is 12.2 Å². The van der Waals surface area contributed by atoms with E-state index in [2.05, 4.69) is 5.32 Å². The smallest absolute Gasteiger partial charge is 0.326 e. The molecule has 2 N–H and O–H groups in total. The largest absolute Gasteiger partial charge is 0.480 e. The average molecular weight is 309 g/mol. The number of carboxylic acids is 1. The molecular formula is C17H27NO4. The minimum Gasteiger partial charge on any atom is -0.480 e. The van der Waals surface area contributed by atoms with E-state index in [1.54, 1.807) is 13.8 Å². The van der Waals surface area contributed by atoms with E-state index in [1.807, 2.05) is 19.1 Å². The van der Waals surface area contributed by atoms with Crippen LogP contribution < -0.4 is 5.32 Å². The summed E-state index contributed by atoms with van der Waals surface area (Å²) in [5.74, 6) is -1.32. The van der Waals surface area contributed by atoms with Gasteiger partial charge in [0.2, 0.25) is 5.91 Å². The van der Waals surface area contributed by atoms with Gasteiger partial charge in [0, 0.05) is 18.8 Å². The van der Waals surface area contributed by atoms with E-state index in [9.17, 15) is 14.4 Å². The van der Waals surface area contributed by atoms with Crippen LogP contribution in [0.2, 0.25) is 0 Å². The molecule has 22 heavy (non-hydrogen) atoms. The summed E-state index contributed by atoms with van der Waals surface area (Å²) in [6.07, 6.45) is 7.12. The Hall–Kier alpha value is -1.65. The third-order valence-corrected chi connectivity index (χ3v) is 4.23. The molecule has 1 amide bonds. The van der Waals surface area contributed by atoms with Gasteiger partial charge < -0.3 is 10.4 Å². The zero-order chi connectivity index (χ0) is 16.7. The normalized spacial score (nSPS) is 23.2. The van der Waals surface area contributed by atoms with E-state index in [1.165, 1.54) is 0 Å². The highest BCUT2D eigenvalue weighted by Gasteiger charge is 2.35. The van der Waals surface area contributed by atoms with E-state index >= 15 is 0 Å². The highest BCUT2D eigenvalue weighted by Crippen LogP contribution is 2.34. The Bertz CT molecular complexity index is 442. The summed E-state index contributed by atoms with van der Waals surface area (Å²) >= 11 is 0. The molecule has 1 aliphatic carbocycles. The number of nitrogens with one attached hydrogen (secondary N) is 1. The molecule has 0 unspecified atom stereocenters. The Morgan fingerprint density at radius 1 is 1.36 bits per heavy atom. The summed E-state index contributed by atoms with van der Waals surface area (Å²) in [6, 6.07) is -0.872. The second-order valence-electron chi connectivity index (χ2n) is 6.32. The molecular weight excluding hydrogens is 282 g/mol. The first-order valence-corrected chi connectivity index (χ1v) is 8.06. The average Bonchev–Trinajstić information content (AvgIpc) is 2.77. The maximum Gasteiger partial charge on any atom is 0.326 e. The molecule has 0 aromatic heterocycles. The van der Waals surface area contributed by atoms with E-state index in [0.29, 0.717) is 12.8 Å². The third-order valence-electron chi connectivity index (χ3n) is 4.23. The molecule has 0 radical (unpaired) electrons. The number of Topliss-reactive ketones (excluding diaryl/α,β-unsaturated/α-hetero) is 1. The van der Waals surface area contributed by atoms with Gasteiger partial charge in [-0.3, -0.25) is 9.59 Å². The molecule has 0 bridgehead atoms. The van der Waals surface area contributed by atoms with Crippen molar-refractivity contribution in [3.8, 4) is 0 Å². The highest BCUT2D eigenvalue weighted by atomic mass is 16.4. The van der Waals surface area contributed by atoms with Crippen molar-refractivity contribution in [2.75, 3.05) is 0 Å². The monoisotopic (exact) mass is 309 g/mol. The van der Waals surface area contributed by atoms with Gasteiger partial charge in [-0.25, -0.2) is 4.79 Å². The van der Waals surface area contributed by atoms with Gasteiger partial charge >= 0.3 is 5.97 Å². The maximum atomic E-state index is 12.1. The molecule has 124 valence electrons. The molecule has 1 fully saturated rings. The number of hydrogen-bond acceptors (Lipinski definition) is 3. The zero-order valence-corrected chi connectivity index (χ0v) is 13.7. The quantitative estimate of drug-likeness (QED) is 0.675. The summed E-state index contributed by atoms with van der Waals surface area (Å²) in [5.41, 5.74) is 0. The molecule has 0 spiro atoms. The van der Waals surface area contributed by atoms with E-state index < -0.39 is 12.0 Å². The van der Waals surface area contributed by atoms with E-state index in [4.69, 9.17) is 5.11 Å². The standard InChI is InChI=1S/C17H27NO4/c1-4-5-6-7-13-12(8-9-14(13)19)10-15(20)18-16(11(2)3)17(21)22/h5-6,11-13,16H,4,7-10H2,1-3H3,(H,18,20)(H,21,22)/b6-5-/t12-,13-,16-/m0/s1. The summed E-state index contributed by atoms with van der Waals surface area (Å²) in [5, 5.41) is 11.7. The topological polar surface area (TPSA) is 83.5 Å². The van der Waals surface area contributed by atoms with Gasteiger partial charge in [-0.1, -0.05) is 32.9 Å². The Labute approximate surface area is 132 Å². The lowest BCUT2D eigenvalue weighted by Crippen LogP contribution is -2.45. The van der Waals surface area contributed by atoms with Gasteiger partial charge in [0.1, 0.15) is 11.8 Å². The Balaban J connectivity index is 2.60. The van der Waals surface area contributed by atoms with Crippen molar-refractivity contribution in [2.45, 2.75) is 58.9 Å². The van der Waals surface area contributed by atoms with Crippen molar-refractivity contribution in [3.63, 3.8) is 0 Å². The molecule has 0 aromatic carbocycles. The number of allylic oxidation sites excluding steroid dienone is 2. The second-order valence-corrected chi connectivity index (χ2v) is 6.32. The maximum absolute atomic E-state index is 12.1. The summed E-state index contributed by atoms with van der Waals surface area (Å²) in [7, 11) is 0. The van der Waals surface area contributed by atoms with E-state index in [0.717, 1.165) is 12.8 Å². The van der Waals surface area contributed by atoms with Crippen LogP contribution in [0, 0.1) is 17.8 Å². The van der Waals surface area contributed by atoms with Crippen molar-refractivity contribution < 1.29 is 19.5 Å². The predicted octanol–water partition coefficient (Wildman–Crippen LogP) is 2.55. The summed E-state index contributed by atoms with van der Waals surface area (Å²) < 4.78 is 0. The van der Waals surface area contributed by atoms with Crippen LogP contribution >= 0.6 is 0 Å². The van der Waals surface area contributed by atoms with Crippen LogP contribution in [-0.4, -0.2) is 28.8 Å². The van der Waals surface area contributed by atoms with Crippen LogP contribution in [0.1, 0.15) is 52.9 Å². The molecule has 1 aliphatic rings. The van der Waals surface area contributed by atoms with Gasteiger partial charge in [-0.05, 0) is 31.1 Å². The van der Waals surface area contributed by atoms with Crippen LogP contribution in [0.25, 0.3) is 0 Å². The second kappa shape index (κ2) is 8.71. The highest BCUT2D eigenvalue weighted by molar-refractivity contribution is 5.87. The van der Waals surface area contributed by atoms with E-state index in [-0.39, 0.29) is 35.9 Å². The Morgan fingerprint density at radius 2 is 2.05 bits per heavy atom. The number of carboxylic acid groups (broad SMARTS) is 1. The molecule has 0 heterocycles. The lowest BCUT2D eigenvalue weighted by molar-refractivity contribution is -0.143. The molecule has 0 saturated heterocycles. The number of rotatable bonds is 8. The Morgan fingerprint density at radius 3 is 2.59 bits per heavy atom. The van der Waals surface area contributed by atoms with Gasteiger partial charge in [-0.2, -0.15) is 0 Å². The fraction of sp³-hybridized carbons (Fsp3) is 0.706. The number of hydrogen-bond donors (Lipinski definition) is 2. The minimum absolute atomic E-state index is 0.0237. The number of carbonyl (C=O) groups excluding carboxylic acids is 2. The third kappa shape index (κ3) is 5.28. The number of aliphatic carboxylic acids is 1. The van der Waals surface area contributed by atoms with Gasteiger partial charge in [0.25, 0.3) is 0 Å². The summed E-state index contributed by atoms with van der Waals surface area (Å²) in [6.45, 7) is 5.56. The van der Waals surface area contributed by atoms with Crippen LogP contribution in [0.4, 0.5) is 0 Å². The lowest BCUT2D eigenvalue weighted by Gasteiger charge is -2.21. The first-order valence-electron chi connectivity index (χ1n) is 8.06. The summed E-state index contributed by atoms with van der Waals surface area (Å²) in [4.78, 5) is 35.2.